The molecule has 0 amide bonds. The van der Waals surface area contributed by atoms with E-state index in [1.165, 1.54) is 0 Å². The quantitative estimate of drug-likeness (QED) is 0.738. The highest BCUT2D eigenvalue weighted by molar-refractivity contribution is 5.56. The van der Waals surface area contributed by atoms with Crippen molar-refractivity contribution in [2.75, 3.05) is 0 Å². The van der Waals surface area contributed by atoms with Crippen LogP contribution in [0.5, 0.6) is 0 Å². The smallest absolute Gasteiger partial charge is 0.223 e. The molecule has 0 radical (unpaired) electrons. The zero-order valence-corrected chi connectivity index (χ0v) is 11.3. The van der Waals surface area contributed by atoms with Crippen molar-refractivity contribution in [2.24, 2.45) is 0 Å². The summed E-state index contributed by atoms with van der Waals surface area (Å²) in [7, 11) is 0. The van der Waals surface area contributed by atoms with Crippen LogP contribution in [-0.4, -0.2) is 20.3 Å². The molecule has 0 bridgehead atoms. The van der Waals surface area contributed by atoms with Gasteiger partial charge in [0.1, 0.15) is 11.5 Å². The summed E-state index contributed by atoms with van der Waals surface area (Å²) in [6, 6.07) is 3.85. The minimum atomic E-state index is 0.541. The maximum Gasteiger partial charge on any atom is 0.223 e. The molecule has 0 aromatic carbocycles. The SMILES string of the molecule is Cc1ccc(-c2[nH]ncc2CNCc2noc(C)n2)o1. The molecular weight excluding hydrogens is 258 g/mol. The van der Waals surface area contributed by atoms with E-state index in [1.807, 2.05) is 19.1 Å². The van der Waals surface area contributed by atoms with Gasteiger partial charge in [-0.15, -0.1) is 0 Å². The number of nitrogens with zero attached hydrogens (tertiary/aromatic N) is 3. The second-order valence-corrected chi connectivity index (χ2v) is 4.51. The van der Waals surface area contributed by atoms with Crippen molar-refractivity contribution in [1.29, 1.82) is 0 Å². The Morgan fingerprint density at radius 1 is 1.25 bits per heavy atom. The van der Waals surface area contributed by atoms with Crippen molar-refractivity contribution in [3.8, 4) is 11.5 Å². The second-order valence-electron chi connectivity index (χ2n) is 4.51. The largest absolute Gasteiger partial charge is 0.460 e. The molecule has 2 N–H and O–H groups in total. The Bertz CT molecular complexity index is 697. The molecule has 3 aromatic rings. The Labute approximate surface area is 115 Å². The third-order valence-electron chi connectivity index (χ3n) is 2.87. The van der Waals surface area contributed by atoms with Gasteiger partial charge in [0.2, 0.25) is 5.89 Å². The van der Waals surface area contributed by atoms with E-state index in [4.69, 9.17) is 8.94 Å². The van der Waals surface area contributed by atoms with Crippen molar-refractivity contribution in [3.05, 3.63) is 41.4 Å². The average molecular weight is 273 g/mol. The highest BCUT2D eigenvalue weighted by Crippen LogP contribution is 2.23. The van der Waals surface area contributed by atoms with Gasteiger partial charge in [0.15, 0.2) is 11.6 Å². The molecule has 0 saturated carbocycles. The van der Waals surface area contributed by atoms with Gasteiger partial charge < -0.3 is 14.3 Å². The number of aromatic nitrogens is 4. The zero-order chi connectivity index (χ0) is 13.9. The van der Waals surface area contributed by atoms with Crippen LogP contribution >= 0.6 is 0 Å². The molecule has 0 saturated heterocycles. The van der Waals surface area contributed by atoms with Gasteiger partial charge in [-0.2, -0.15) is 10.1 Å². The van der Waals surface area contributed by atoms with Gasteiger partial charge in [0.05, 0.1) is 12.7 Å². The fraction of sp³-hybridized carbons (Fsp3) is 0.308. The van der Waals surface area contributed by atoms with Crippen LogP contribution in [0.4, 0.5) is 0 Å². The van der Waals surface area contributed by atoms with Crippen molar-refractivity contribution < 1.29 is 8.94 Å². The first-order chi connectivity index (χ1) is 9.72. The first-order valence-corrected chi connectivity index (χ1v) is 6.31. The van der Waals surface area contributed by atoms with E-state index in [2.05, 4.69) is 25.7 Å². The fourth-order valence-corrected chi connectivity index (χ4v) is 1.95. The molecule has 0 aliphatic rings. The molecule has 0 aliphatic heterocycles. The molecule has 7 heteroatoms. The Morgan fingerprint density at radius 2 is 2.15 bits per heavy atom. The number of aryl methyl sites for hydroxylation is 2. The van der Waals surface area contributed by atoms with Crippen molar-refractivity contribution in [2.45, 2.75) is 26.9 Å². The lowest BCUT2D eigenvalue weighted by molar-refractivity contribution is 0.385. The van der Waals surface area contributed by atoms with Crippen LogP contribution in [0.2, 0.25) is 0 Å². The summed E-state index contributed by atoms with van der Waals surface area (Å²) in [4.78, 5) is 4.13. The minimum absolute atomic E-state index is 0.541. The zero-order valence-electron chi connectivity index (χ0n) is 11.3. The summed E-state index contributed by atoms with van der Waals surface area (Å²) in [6.07, 6.45) is 1.78. The first kappa shape index (κ1) is 12.6. The van der Waals surface area contributed by atoms with E-state index in [0.29, 0.717) is 24.8 Å². The van der Waals surface area contributed by atoms with Gasteiger partial charge in [0.25, 0.3) is 0 Å². The van der Waals surface area contributed by atoms with E-state index >= 15 is 0 Å². The highest BCUT2D eigenvalue weighted by Gasteiger charge is 2.11. The summed E-state index contributed by atoms with van der Waals surface area (Å²) in [5.41, 5.74) is 1.91. The number of aromatic amines is 1. The number of furan rings is 1. The second kappa shape index (κ2) is 5.30. The van der Waals surface area contributed by atoms with Crippen molar-refractivity contribution >= 4 is 0 Å². The highest BCUT2D eigenvalue weighted by atomic mass is 16.5. The van der Waals surface area contributed by atoms with Gasteiger partial charge in [-0.1, -0.05) is 5.16 Å². The molecule has 20 heavy (non-hydrogen) atoms. The number of hydrogen-bond donors (Lipinski definition) is 2. The maximum absolute atomic E-state index is 5.60. The topological polar surface area (TPSA) is 92.8 Å². The van der Waals surface area contributed by atoms with Crippen LogP contribution in [0.3, 0.4) is 0 Å². The number of nitrogens with one attached hydrogen (secondary N) is 2. The van der Waals surface area contributed by atoms with Crippen LogP contribution < -0.4 is 5.32 Å². The van der Waals surface area contributed by atoms with Crippen LogP contribution in [0.15, 0.2) is 27.3 Å². The van der Waals surface area contributed by atoms with E-state index in [-0.39, 0.29) is 0 Å². The molecule has 7 nitrogen and oxygen atoms in total. The molecule has 0 unspecified atom stereocenters. The third kappa shape index (κ3) is 2.62. The van der Waals surface area contributed by atoms with Crippen LogP contribution in [0, 0.1) is 13.8 Å². The Hall–Kier alpha value is -2.41. The molecule has 0 atom stereocenters. The van der Waals surface area contributed by atoms with Crippen molar-refractivity contribution in [1.82, 2.24) is 25.7 Å². The summed E-state index contributed by atoms with van der Waals surface area (Å²) < 4.78 is 10.5. The number of hydrogen-bond acceptors (Lipinski definition) is 6. The third-order valence-corrected chi connectivity index (χ3v) is 2.87. The summed E-state index contributed by atoms with van der Waals surface area (Å²) in [5, 5.41) is 14.1. The summed E-state index contributed by atoms with van der Waals surface area (Å²) in [6.45, 7) is 4.86. The van der Waals surface area contributed by atoms with Crippen LogP contribution in [0.1, 0.15) is 23.0 Å². The fourth-order valence-electron chi connectivity index (χ4n) is 1.95. The van der Waals surface area contributed by atoms with Gasteiger partial charge >= 0.3 is 0 Å². The Morgan fingerprint density at radius 3 is 2.85 bits per heavy atom. The van der Waals surface area contributed by atoms with Gasteiger partial charge in [0, 0.05) is 19.0 Å². The molecule has 3 rings (SSSR count). The maximum atomic E-state index is 5.60. The molecule has 3 heterocycles. The molecule has 104 valence electrons. The van der Waals surface area contributed by atoms with Crippen molar-refractivity contribution in [3.63, 3.8) is 0 Å². The number of rotatable bonds is 5. The lowest BCUT2D eigenvalue weighted by Gasteiger charge is -2.01. The standard InChI is InChI=1S/C13H15N5O2/c1-8-3-4-11(19-8)13-10(6-15-17-13)5-14-7-12-16-9(2)20-18-12/h3-4,6,14H,5,7H2,1-2H3,(H,15,17). The average Bonchev–Trinajstić information content (AvgIpc) is 3.11. The van der Waals surface area contributed by atoms with Crippen LogP contribution in [-0.2, 0) is 13.1 Å². The summed E-state index contributed by atoms with van der Waals surface area (Å²) in [5.74, 6) is 2.86. The summed E-state index contributed by atoms with van der Waals surface area (Å²) >= 11 is 0. The predicted molar refractivity (Wildman–Crippen MR) is 70.6 cm³/mol. The monoisotopic (exact) mass is 273 g/mol. The minimum Gasteiger partial charge on any atom is -0.460 e. The van der Waals surface area contributed by atoms with E-state index in [9.17, 15) is 0 Å². The lowest BCUT2D eigenvalue weighted by atomic mass is 10.2. The Kier molecular flexibility index (Phi) is 3.34. The van der Waals surface area contributed by atoms with Gasteiger partial charge in [-0.3, -0.25) is 5.10 Å². The Balaban J connectivity index is 1.65. The number of H-pyrrole nitrogens is 1. The lowest BCUT2D eigenvalue weighted by Crippen LogP contribution is -2.13. The molecule has 0 aliphatic carbocycles. The predicted octanol–water partition coefficient (Wildman–Crippen LogP) is 1.96. The van der Waals surface area contributed by atoms with E-state index < -0.39 is 0 Å². The van der Waals surface area contributed by atoms with Gasteiger partial charge in [-0.05, 0) is 19.1 Å². The van der Waals surface area contributed by atoms with Gasteiger partial charge in [-0.25, -0.2) is 0 Å². The first-order valence-electron chi connectivity index (χ1n) is 6.31. The molecule has 0 fully saturated rings. The van der Waals surface area contributed by atoms with E-state index in [1.54, 1.807) is 13.1 Å². The van der Waals surface area contributed by atoms with Crippen LogP contribution in [0.25, 0.3) is 11.5 Å². The normalized spacial score (nSPS) is 11.1. The van der Waals surface area contributed by atoms with E-state index in [0.717, 1.165) is 22.8 Å². The molecule has 0 spiro atoms. The molecule has 3 aromatic heterocycles. The molecular formula is C13H15N5O2.